The van der Waals surface area contributed by atoms with Crippen molar-refractivity contribution in [2.75, 3.05) is 29.6 Å². The summed E-state index contributed by atoms with van der Waals surface area (Å²) in [5.41, 5.74) is 7.40. The molecule has 0 saturated heterocycles. The number of fused-ring (bicyclic) bond motifs is 1. The molecule has 1 aliphatic rings. The Morgan fingerprint density at radius 2 is 1.79 bits per heavy atom. The van der Waals surface area contributed by atoms with Gasteiger partial charge in [-0.3, -0.25) is 9.59 Å². The summed E-state index contributed by atoms with van der Waals surface area (Å²) in [5, 5.41) is 14.8. The van der Waals surface area contributed by atoms with E-state index >= 15 is 0 Å². The number of hydrogen-bond acceptors (Lipinski definition) is 8. The van der Waals surface area contributed by atoms with Crippen LogP contribution in [0, 0.1) is 11.3 Å². The van der Waals surface area contributed by atoms with E-state index in [0.717, 1.165) is 11.8 Å². The first-order valence-corrected chi connectivity index (χ1v) is 11.3. The van der Waals surface area contributed by atoms with Gasteiger partial charge in [-0.15, -0.1) is 0 Å². The number of pyridine rings is 1. The number of amides is 2. The average Bonchev–Trinajstić information content (AvgIpc) is 2.84. The highest BCUT2D eigenvalue weighted by Gasteiger charge is 2.22. The molecule has 0 fully saturated rings. The molecule has 2 aromatic carbocycles. The number of nitrogen functional groups attached to an aromatic ring is 1. The second-order valence-corrected chi connectivity index (χ2v) is 8.64. The number of aromatic nitrogens is 1. The molecule has 2 amide bonds. The zero-order valence-electron chi connectivity index (χ0n) is 18.2. The number of benzene rings is 2. The Balaban J connectivity index is 1.46. The van der Waals surface area contributed by atoms with E-state index < -0.39 is 11.2 Å². The second-order valence-electron chi connectivity index (χ2n) is 7.31. The SMILES string of the molecule is CC(Sc1nc(N)c(C(=O)Nc2ccccc2)cc1C#N)C(=O)Nc1ccc2c(c1)OCCO2. The van der Waals surface area contributed by atoms with Crippen LogP contribution in [0.15, 0.2) is 59.6 Å². The number of thioether (sulfide) groups is 1. The first kappa shape index (κ1) is 22.9. The summed E-state index contributed by atoms with van der Waals surface area (Å²) in [6.07, 6.45) is 0. The fourth-order valence-electron chi connectivity index (χ4n) is 3.17. The standard InChI is InChI=1S/C24H21N5O4S/c1-14(22(30)28-17-7-8-19-20(12-17)33-10-9-32-19)34-24-15(13-25)11-18(21(26)29-24)23(31)27-16-5-3-2-4-6-16/h2-8,11-12,14H,9-10H2,1H3,(H2,26,29)(H,27,31)(H,28,30). The molecule has 172 valence electrons. The largest absolute Gasteiger partial charge is 0.486 e. The molecule has 0 saturated carbocycles. The number of rotatable bonds is 6. The van der Waals surface area contributed by atoms with Gasteiger partial charge in [0.25, 0.3) is 5.91 Å². The quantitative estimate of drug-likeness (QED) is 0.459. The summed E-state index contributed by atoms with van der Waals surface area (Å²) in [4.78, 5) is 29.6. The van der Waals surface area contributed by atoms with Crippen LogP contribution >= 0.6 is 11.8 Å². The van der Waals surface area contributed by atoms with Gasteiger partial charge in [0.1, 0.15) is 30.1 Å². The molecule has 3 aromatic rings. The molecule has 1 aliphatic heterocycles. The number of hydrogen-bond donors (Lipinski definition) is 3. The topological polar surface area (TPSA) is 139 Å². The molecule has 10 heteroatoms. The Labute approximate surface area is 200 Å². The van der Waals surface area contributed by atoms with Crippen LogP contribution in [0.2, 0.25) is 0 Å². The number of para-hydroxylation sites is 1. The molecule has 0 spiro atoms. The van der Waals surface area contributed by atoms with Gasteiger partial charge in [-0.25, -0.2) is 4.98 Å². The lowest BCUT2D eigenvalue weighted by molar-refractivity contribution is -0.115. The summed E-state index contributed by atoms with van der Waals surface area (Å²) in [6.45, 7) is 2.61. The monoisotopic (exact) mass is 475 g/mol. The van der Waals surface area contributed by atoms with Crippen LogP contribution < -0.4 is 25.8 Å². The van der Waals surface area contributed by atoms with Crippen molar-refractivity contribution in [3.8, 4) is 17.6 Å². The minimum atomic E-state index is -0.601. The molecule has 4 rings (SSSR count). The maximum Gasteiger partial charge on any atom is 0.259 e. The predicted molar refractivity (Wildman–Crippen MR) is 129 cm³/mol. The number of ether oxygens (including phenoxy) is 2. The summed E-state index contributed by atoms with van der Waals surface area (Å²) in [6, 6.07) is 17.4. The molecule has 9 nitrogen and oxygen atoms in total. The minimum absolute atomic E-state index is 0.0330. The van der Waals surface area contributed by atoms with Crippen molar-refractivity contribution in [3.05, 3.63) is 65.7 Å². The van der Waals surface area contributed by atoms with E-state index in [1.165, 1.54) is 6.07 Å². The van der Waals surface area contributed by atoms with Gasteiger partial charge >= 0.3 is 0 Å². The molecule has 1 atom stereocenters. The molecule has 1 aromatic heterocycles. The van der Waals surface area contributed by atoms with Crippen LogP contribution in [0.1, 0.15) is 22.8 Å². The Morgan fingerprint density at radius 1 is 1.06 bits per heavy atom. The van der Waals surface area contributed by atoms with Crippen molar-refractivity contribution in [3.63, 3.8) is 0 Å². The highest BCUT2D eigenvalue weighted by atomic mass is 32.2. The number of nitrogens with two attached hydrogens (primary N) is 1. The molecular weight excluding hydrogens is 454 g/mol. The van der Waals surface area contributed by atoms with E-state index in [1.54, 1.807) is 49.4 Å². The lowest BCUT2D eigenvalue weighted by Crippen LogP contribution is -2.23. The smallest absolute Gasteiger partial charge is 0.259 e. The summed E-state index contributed by atoms with van der Waals surface area (Å²) in [5.74, 6) is 0.385. The van der Waals surface area contributed by atoms with Gasteiger partial charge in [0.05, 0.1) is 16.4 Å². The summed E-state index contributed by atoms with van der Waals surface area (Å²) >= 11 is 1.08. The Kier molecular flexibility index (Phi) is 6.85. The van der Waals surface area contributed by atoms with E-state index in [4.69, 9.17) is 15.2 Å². The predicted octanol–water partition coefficient (Wildman–Crippen LogP) is 3.68. The fourth-order valence-corrected chi connectivity index (χ4v) is 4.05. The van der Waals surface area contributed by atoms with Gasteiger partial charge in [-0.2, -0.15) is 5.26 Å². The van der Waals surface area contributed by atoms with Crippen LogP contribution in [-0.4, -0.2) is 35.3 Å². The minimum Gasteiger partial charge on any atom is -0.486 e. The zero-order valence-corrected chi connectivity index (χ0v) is 19.0. The van der Waals surface area contributed by atoms with Gasteiger partial charge in [0.15, 0.2) is 11.5 Å². The lowest BCUT2D eigenvalue weighted by Gasteiger charge is -2.19. The van der Waals surface area contributed by atoms with Gasteiger partial charge in [-0.1, -0.05) is 30.0 Å². The van der Waals surface area contributed by atoms with Crippen LogP contribution in [0.25, 0.3) is 0 Å². The van der Waals surface area contributed by atoms with Crippen molar-refractivity contribution in [1.29, 1.82) is 5.26 Å². The number of nitrogens with zero attached hydrogens (tertiary/aromatic N) is 2. The highest BCUT2D eigenvalue weighted by molar-refractivity contribution is 8.00. The molecule has 34 heavy (non-hydrogen) atoms. The normalized spacial score (nSPS) is 12.8. The number of nitriles is 1. The van der Waals surface area contributed by atoms with E-state index in [0.29, 0.717) is 36.1 Å². The summed E-state index contributed by atoms with van der Waals surface area (Å²) in [7, 11) is 0. The fraction of sp³-hybridized carbons (Fsp3) is 0.167. The maximum absolute atomic E-state index is 12.7. The van der Waals surface area contributed by atoms with Crippen LogP contribution in [0.5, 0.6) is 11.5 Å². The van der Waals surface area contributed by atoms with Crippen molar-refractivity contribution in [2.45, 2.75) is 17.2 Å². The van der Waals surface area contributed by atoms with Gasteiger partial charge < -0.3 is 25.8 Å². The molecule has 1 unspecified atom stereocenters. The summed E-state index contributed by atoms with van der Waals surface area (Å²) < 4.78 is 11.0. The molecule has 2 heterocycles. The van der Waals surface area contributed by atoms with Crippen molar-refractivity contribution in [1.82, 2.24) is 4.98 Å². The third-order valence-corrected chi connectivity index (χ3v) is 5.98. The molecular formula is C24H21N5O4S. The Hall–Kier alpha value is -4.23. The second kappa shape index (κ2) is 10.1. The number of carbonyl (C=O) groups excluding carboxylic acids is 2. The van der Waals surface area contributed by atoms with Gasteiger partial charge in [-0.05, 0) is 37.3 Å². The van der Waals surface area contributed by atoms with E-state index in [2.05, 4.69) is 15.6 Å². The lowest BCUT2D eigenvalue weighted by atomic mass is 10.2. The number of nitrogens with one attached hydrogen (secondary N) is 2. The average molecular weight is 476 g/mol. The van der Waals surface area contributed by atoms with Gasteiger partial charge in [0, 0.05) is 17.4 Å². The first-order chi connectivity index (χ1) is 16.4. The molecule has 0 aliphatic carbocycles. The first-order valence-electron chi connectivity index (χ1n) is 10.4. The third-order valence-electron chi connectivity index (χ3n) is 4.88. The number of carbonyl (C=O) groups is 2. The molecule has 0 radical (unpaired) electrons. The van der Waals surface area contributed by atoms with Gasteiger partial charge in [0.2, 0.25) is 5.91 Å². The van der Waals surface area contributed by atoms with Crippen molar-refractivity contribution in [2.24, 2.45) is 0 Å². The van der Waals surface area contributed by atoms with Crippen LogP contribution in [-0.2, 0) is 4.79 Å². The number of anilines is 3. The van der Waals surface area contributed by atoms with Crippen molar-refractivity contribution < 1.29 is 19.1 Å². The Morgan fingerprint density at radius 3 is 2.53 bits per heavy atom. The van der Waals surface area contributed by atoms with E-state index in [1.807, 2.05) is 12.1 Å². The van der Waals surface area contributed by atoms with Crippen LogP contribution in [0.4, 0.5) is 17.2 Å². The van der Waals surface area contributed by atoms with Crippen molar-refractivity contribution >= 4 is 40.8 Å². The zero-order chi connectivity index (χ0) is 24.1. The highest BCUT2D eigenvalue weighted by Crippen LogP contribution is 2.33. The van der Waals surface area contributed by atoms with Crippen LogP contribution in [0.3, 0.4) is 0 Å². The van der Waals surface area contributed by atoms with E-state index in [9.17, 15) is 14.9 Å². The maximum atomic E-state index is 12.7. The molecule has 4 N–H and O–H groups in total. The van der Waals surface area contributed by atoms with E-state index in [-0.39, 0.29) is 27.9 Å². The third kappa shape index (κ3) is 5.22. The molecule has 0 bridgehead atoms. The Bertz CT molecular complexity index is 1280.